The van der Waals surface area contributed by atoms with E-state index in [1.165, 1.54) is 0 Å². The zero-order valence-electron chi connectivity index (χ0n) is 8.89. The third-order valence-corrected chi connectivity index (χ3v) is 2.93. The van der Waals surface area contributed by atoms with Crippen molar-refractivity contribution < 1.29 is 5.11 Å². The molecule has 0 amide bonds. The van der Waals surface area contributed by atoms with E-state index < -0.39 is 0 Å². The average molecular weight is 206 g/mol. The van der Waals surface area contributed by atoms with Crippen LogP contribution in [0.25, 0.3) is 0 Å². The van der Waals surface area contributed by atoms with E-state index in [-0.39, 0.29) is 6.10 Å². The number of nitrogens with one attached hydrogen (secondary N) is 1. The number of rotatable bonds is 5. The van der Waals surface area contributed by atoms with Crippen molar-refractivity contribution >= 4 is 0 Å². The van der Waals surface area contributed by atoms with Crippen molar-refractivity contribution in [3.8, 4) is 0 Å². The first-order chi connectivity index (χ1) is 7.34. The second-order valence-corrected chi connectivity index (χ2v) is 4.27. The summed E-state index contributed by atoms with van der Waals surface area (Å²) in [5.74, 6) is 0.684. The van der Waals surface area contributed by atoms with Crippen LogP contribution < -0.4 is 5.32 Å². The molecule has 0 unspecified atom stereocenters. The maximum absolute atomic E-state index is 9.12. The molecular formula is C12H18N2O. The lowest BCUT2D eigenvalue weighted by atomic mass is 9.82. The van der Waals surface area contributed by atoms with Gasteiger partial charge in [-0.2, -0.15) is 0 Å². The Morgan fingerprint density at radius 1 is 1.40 bits per heavy atom. The largest absolute Gasteiger partial charge is 0.393 e. The Labute approximate surface area is 90.5 Å². The number of hydrogen-bond donors (Lipinski definition) is 2. The summed E-state index contributed by atoms with van der Waals surface area (Å²) in [6.07, 6.45) is 4.72. The molecule has 0 atom stereocenters. The molecule has 0 radical (unpaired) electrons. The lowest BCUT2D eigenvalue weighted by Crippen LogP contribution is -2.36. The highest BCUT2D eigenvalue weighted by Gasteiger charge is 2.26. The van der Waals surface area contributed by atoms with E-state index in [1.54, 1.807) is 0 Å². The maximum atomic E-state index is 9.12. The van der Waals surface area contributed by atoms with Gasteiger partial charge >= 0.3 is 0 Å². The van der Waals surface area contributed by atoms with Gasteiger partial charge in [0.05, 0.1) is 6.10 Å². The molecule has 0 bridgehead atoms. The quantitative estimate of drug-likeness (QED) is 0.706. The van der Waals surface area contributed by atoms with Gasteiger partial charge in [-0.05, 0) is 37.4 Å². The summed E-state index contributed by atoms with van der Waals surface area (Å²) in [7, 11) is 0. The van der Waals surface area contributed by atoms with Crippen LogP contribution in [0.5, 0.6) is 0 Å². The van der Waals surface area contributed by atoms with Gasteiger partial charge in [0, 0.05) is 24.9 Å². The number of aromatic nitrogens is 1. The van der Waals surface area contributed by atoms with E-state index in [1.807, 2.05) is 18.3 Å². The van der Waals surface area contributed by atoms with Crippen LogP contribution >= 0.6 is 0 Å². The monoisotopic (exact) mass is 206 g/mol. The van der Waals surface area contributed by atoms with Crippen molar-refractivity contribution in [2.75, 3.05) is 13.1 Å². The number of nitrogens with zero attached hydrogens (tertiary/aromatic N) is 1. The van der Waals surface area contributed by atoms with Crippen LogP contribution in [-0.4, -0.2) is 29.3 Å². The van der Waals surface area contributed by atoms with Gasteiger partial charge in [0.2, 0.25) is 0 Å². The average Bonchev–Trinajstić information content (AvgIpc) is 2.23. The fourth-order valence-corrected chi connectivity index (χ4v) is 1.94. The summed E-state index contributed by atoms with van der Waals surface area (Å²) >= 11 is 0. The molecule has 0 saturated heterocycles. The van der Waals surface area contributed by atoms with E-state index in [0.29, 0.717) is 5.92 Å². The molecule has 1 aliphatic carbocycles. The van der Waals surface area contributed by atoms with E-state index in [9.17, 15) is 0 Å². The molecule has 1 aromatic heterocycles. The molecule has 3 nitrogen and oxygen atoms in total. The zero-order chi connectivity index (χ0) is 10.5. The molecule has 1 aliphatic rings. The highest BCUT2D eigenvalue weighted by molar-refractivity contribution is 5.03. The topological polar surface area (TPSA) is 45.1 Å². The van der Waals surface area contributed by atoms with Crippen molar-refractivity contribution in [3.63, 3.8) is 0 Å². The summed E-state index contributed by atoms with van der Waals surface area (Å²) in [5.41, 5.74) is 1.14. The van der Waals surface area contributed by atoms with Gasteiger partial charge in [0.1, 0.15) is 0 Å². The van der Waals surface area contributed by atoms with E-state index in [0.717, 1.165) is 38.0 Å². The SMILES string of the molecule is OC1CC(CNCCc2ccccn2)C1. The lowest BCUT2D eigenvalue weighted by molar-refractivity contribution is 0.0432. The Hall–Kier alpha value is -0.930. The predicted molar refractivity (Wildman–Crippen MR) is 59.5 cm³/mol. The first-order valence-corrected chi connectivity index (χ1v) is 5.63. The van der Waals surface area contributed by atoms with Crippen molar-refractivity contribution in [2.45, 2.75) is 25.4 Å². The van der Waals surface area contributed by atoms with Gasteiger partial charge in [-0.25, -0.2) is 0 Å². The molecule has 2 rings (SSSR count). The molecule has 1 aromatic rings. The lowest BCUT2D eigenvalue weighted by Gasteiger charge is -2.31. The van der Waals surface area contributed by atoms with Crippen molar-refractivity contribution in [3.05, 3.63) is 30.1 Å². The third-order valence-electron chi connectivity index (χ3n) is 2.93. The normalized spacial score (nSPS) is 24.9. The maximum Gasteiger partial charge on any atom is 0.0546 e. The Kier molecular flexibility index (Phi) is 3.69. The van der Waals surface area contributed by atoms with Crippen molar-refractivity contribution in [1.82, 2.24) is 10.3 Å². The van der Waals surface area contributed by atoms with Gasteiger partial charge < -0.3 is 10.4 Å². The van der Waals surface area contributed by atoms with Gasteiger partial charge in [-0.3, -0.25) is 4.98 Å². The first kappa shape index (κ1) is 10.6. The molecule has 0 aromatic carbocycles. The predicted octanol–water partition coefficient (Wildman–Crippen LogP) is 0.985. The number of aliphatic hydroxyl groups excluding tert-OH is 1. The number of aliphatic hydroxyl groups is 1. The minimum absolute atomic E-state index is 0.0346. The summed E-state index contributed by atoms with van der Waals surface area (Å²) in [6.45, 7) is 2.01. The Balaban J connectivity index is 1.56. The van der Waals surface area contributed by atoms with Crippen molar-refractivity contribution in [2.24, 2.45) is 5.92 Å². The fraction of sp³-hybridized carbons (Fsp3) is 0.583. The Bertz CT molecular complexity index is 283. The minimum atomic E-state index is -0.0346. The van der Waals surface area contributed by atoms with Gasteiger partial charge in [0.25, 0.3) is 0 Å². The molecule has 3 heteroatoms. The van der Waals surface area contributed by atoms with Gasteiger partial charge in [-0.1, -0.05) is 6.07 Å². The molecule has 82 valence electrons. The highest BCUT2D eigenvalue weighted by atomic mass is 16.3. The molecule has 2 N–H and O–H groups in total. The number of pyridine rings is 1. The van der Waals surface area contributed by atoms with Crippen LogP contribution in [0, 0.1) is 5.92 Å². The zero-order valence-corrected chi connectivity index (χ0v) is 8.89. The minimum Gasteiger partial charge on any atom is -0.393 e. The molecule has 1 saturated carbocycles. The van der Waals surface area contributed by atoms with Crippen LogP contribution in [0.15, 0.2) is 24.4 Å². The van der Waals surface area contributed by atoms with E-state index in [2.05, 4.69) is 16.4 Å². The second kappa shape index (κ2) is 5.24. The van der Waals surface area contributed by atoms with E-state index >= 15 is 0 Å². The van der Waals surface area contributed by atoms with Crippen LogP contribution in [-0.2, 0) is 6.42 Å². The van der Waals surface area contributed by atoms with E-state index in [4.69, 9.17) is 5.11 Å². The summed E-state index contributed by atoms with van der Waals surface area (Å²) in [4.78, 5) is 4.26. The molecule has 15 heavy (non-hydrogen) atoms. The highest BCUT2D eigenvalue weighted by Crippen LogP contribution is 2.25. The fourth-order valence-electron chi connectivity index (χ4n) is 1.94. The molecule has 0 aliphatic heterocycles. The van der Waals surface area contributed by atoms with Crippen LogP contribution in [0.2, 0.25) is 0 Å². The summed E-state index contributed by atoms with van der Waals surface area (Å²) in [5, 5.41) is 12.5. The van der Waals surface area contributed by atoms with Crippen LogP contribution in [0.1, 0.15) is 18.5 Å². The van der Waals surface area contributed by atoms with Gasteiger partial charge in [-0.15, -0.1) is 0 Å². The van der Waals surface area contributed by atoms with Gasteiger partial charge in [0.15, 0.2) is 0 Å². The molecule has 1 heterocycles. The standard InChI is InChI=1S/C12H18N2O/c15-12-7-10(8-12)9-13-6-4-11-3-1-2-5-14-11/h1-3,5,10,12-13,15H,4,6-9H2. The molecular weight excluding hydrogens is 188 g/mol. The summed E-state index contributed by atoms with van der Waals surface area (Å²) < 4.78 is 0. The Morgan fingerprint density at radius 3 is 2.93 bits per heavy atom. The Morgan fingerprint density at radius 2 is 2.27 bits per heavy atom. The number of hydrogen-bond acceptors (Lipinski definition) is 3. The third kappa shape index (κ3) is 3.29. The molecule has 1 fully saturated rings. The smallest absolute Gasteiger partial charge is 0.0546 e. The second-order valence-electron chi connectivity index (χ2n) is 4.27. The van der Waals surface area contributed by atoms with Crippen LogP contribution in [0.4, 0.5) is 0 Å². The summed E-state index contributed by atoms with van der Waals surface area (Å²) in [6, 6.07) is 6.01. The van der Waals surface area contributed by atoms with Crippen molar-refractivity contribution in [1.29, 1.82) is 0 Å². The van der Waals surface area contributed by atoms with Crippen LogP contribution in [0.3, 0.4) is 0 Å². The molecule has 0 spiro atoms. The first-order valence-electron chi connectivity index (χ1n) is 5.63.